The van der Waals surface area contributed by atoms with Gasteiger partial charge in [-0.15, -0.1) is 0 Å². The van der Waals surface area contributed by atoms with E-state index in [2.05, 4.69) is 14.6 Å². The molecule has 4 rings (SSSR count). The van der Waals surface area contributed by atoms with Crippen LogP contribution in [0.1, 0.15) is 42.8 Å². The fraction of sp³-hybridized carbons (Fsp3) is 0.348. The molecular weight excluding hydrogens is 396 g/mol. The molecule has 7 heteroatoms. The molecule has 2 aromatic carbocycles. The highest BCUT2D eigenvalue weighted by atomic mass is 32.1. The number of ether oxygens (including phenoxy) is 1. The summed E-state index contributed by atoms with van der Waals surface area (Å²) in [5.74, 6) is 1.65. The van der Waals surface area contributed by atoms with Crippen molar-refractivity contribution >= 4 is 22.6 Å². The van der Waals surface area contributed by atoms with E-state index in [0.717, 1.165) is 47.2 Å². The second kappa shape index (κ2) is 9.26. The number of methoxy groups -OCH3 is 1. The van der Waals surface area contributed by atoms with Crippen molar-refractivity contribution in [2.24, 2.45) is 0 Å². The molecule has 0 bridgehead atoms. The maximum absolute atomic E-state index is 13.0. The number of hydrogen-bond acceptors (Lipinski definition) is 6. The van der Waals surface area contributed by atoms with Gasteiger partial charge in [0, 0.05) is 24.5 Å². The van der Waals surface area contributed by atoms with E-state index < -0.39 is 0 Å². The SMILES string of the molecule is COc1cccc(Cc2nsc(N3CCC[C@@H]3C(=O)N[C@@H](C)c3ccccc3)n2)c1. The summed E-state index contributed by atoms with van der Waals surface area (Å²) in [7, 11) is 1.66. The minimum Gasteiger partial charge on any atom is -0.497 e. The molecule has 2 atom stereocenters. The fourth-order valence-corrected chi connectivity index (χ4v) is 4.56. The summed E-state index contributed by atoms with van der Waals surface area (Å²) in [5, 5.41) is 3.98. The number of benzene rings is 2. The van der Waals surface area contributed by atoms with Gasteiger partial charge in [0.1, 0.15) is 17.6 Å². The third-order valence-electron chi connectivity index (χ3n) is 5.41. The summed E-state index contributed by atoms with van der Waals surface area (Å²) < 4.78 is 9.82. The second-order valence-corrected chi connectivity index (χ2v) is 8.24. The maximum atomic E-state index is 13.0. The highest BCUT2D eigenvalue weighted by molar-refractivity contribution is 7.09. The normalized spacial score (nSPS) is 17.0. The van der Waals surface area contributed by atoms with E-state index in [0.29, 0.717) is 6.42 Å². The van der Waals surface area contributed by atoms with Gasteiger partial charge in [0.15, 0.2) is 0 Å². The van der Waals surface area contributed by atoms with Crippen LogP contribution in [0.15, 0.2) is 54.6 Å². The Morgan fingerprint density at radius 3 is 2.90 bits per heavy atom. The van der Waals surface area contributed by atoms with Gasteiger partial charge in [-0.2, -0.15) is 4.37 Å². The molecule has 1 aliphatic heterocycles. The van der Waals surface area contributed by atoms with Crippen LogP contribution in [-0.2, 0) is 11.2 Å². The topological polar surface area (TPSA) is 67.3 Å². The van der Waals surface area contributed by atoms with E-state index in [1.54, 1.807) is 7.11 Å². The monoisotopic (exact) mass is 422 g/mol. The third kappa shape index (κ3) is 4.62. The lowest BCUT2D eigenvalue weighted by molar-refractivity contribution is -0.122. The Bertz CT molecular complexity index is 992. The standard InChI is InChI=1S/C23H26N4O2S/c1-16(18-9-4-3-5-10-18)24-22(28)20-12-7-13-27(20)23-25-21(26-30-23)15-17-8-6-11-19(14-17)29-2/h3-6,8-11,14,16,20H,7,12-13,15H2,1-2H3,(H,24,28)/t16-,20+/m0/s1. The average molecular weight is 423 g/mol. The molecule has 1 saturated heterocycles. The van der Waals surface area contributed by atoms with E-state index in [1.165, 1.54) is 11.5 Å². The predicted molar refractivity (Wildman–Crippen MR) is 119 cm³/mol. The Kier molecular flexibility index (Phi) is 6.28. The zero-order valence-corrected chi connectivity index (χ0v) is 18.1. The lowest BCUT2D eigenvalue weighted by atomic mass is 10.1. The summed E-state index contributed by atoms with van der Waals surface area (Å²) in [6.45, 7) is 2.84. The minimum atomic E-state index is -0.200. The lowest BCUT2D eigenvalue weighted by Crippen LogP contribution is -2.44. The van der Waals surface area contributed by atoms with Crippen LogP contribution in [-0.4, -0.2) is 35.0 Å². The zero-order valence-electron chi connectivity index (χ0n) is 17.2. The molecule has 1 fully saturated rings. The number of amides is 1. The summed E-state index contributed by atoms with van der Waals surface area (Å²) in [6, 6.07) is 17.7. The van der Waals surface area contributed by atoms with Crippen molar-refractivity contribution in [1.29, 1.82) is 0 Å². The first-order valence-corrected chi connectivity index (χ1v) is 11.0. The van der Waals surface area contributed by atoms with Gasteiger partial charge in [-0.05, 0) is 43.0 Å². The molecule has 0 saturated carbocycles. The van der Waals surface area contributed by atoms with Crippen LogP contribution >= 0.6 is 11.5 Å². The van der Waals surface area contributed by atoms with Gasteiger partial charge in [-0.1, -0.05) is 42.5 Å². The second-order valence-electron chi connectivity index (χ2n) is 7.51. The molecule has 0 aliphatic carbocycles. The van der Waals surface area contributed by atoms with Crippen LogP contribution in [0.25, 0.3) is 0 Å². The molecule has 0 spiro atoms. The number of nitrogens with one attached hydrogen (secondary N) is 1. The van der Waals surface area contributed by atoms with Crippen LogP contribution in [0.2, 0.25) is 0 Å². The van der Waals surface area contributed by atoms with E-state index >= 15 is 0 Å². The lowest BCUT2D eigenvalue weighted by Gasteiger charge is -2.24. The summed E-state index contributed by atoms with van der Waals surface area (Å²) in [4.78, 5) is 19.8. The predicted octanol–water partition coefficient (Wildman–Crippen LogP) is 3.98. The molecular formula is C23H26N4O2S. The number of nitrogens with zero attached hydrogens (tertiary/aromatic N) is 3. The van der Waals surface area contributed by atoms with Crippen molar-refractivity contribution in [1.82, 2.24) is 14.7 Å². The van der Waals surface area contributed by atoms with Gasteiger partial charge in [0.25, 0.3) is 0 Å². The van der Waals surface area contributed by atoms with E-state index in [9.17, 15) is 4.79 Å². The van der Waals surface area contributed by atoms with E-state index in [-0.39, 0.29) is 18.0 Å². The molecule has 1 aromatic heterocycles. The molecule has 3 aromatic rings. The largest absolute Gasteiger partial charge is 0.497 e. The van der Waals surface area contributed by atoms with Gasteiger partial charge in [0.2, 0.25) is 11.0 Å². The fourth-order valence-electron chi connectivity index (χ4n) is 3.80. The van der Waals surface area contributed by atoms with Crippen molar-refractivity contribution in [3.8, 4) is 5.75 Å². The summed E-state index contributed by atoms with van der Waals surface area (Å²) >= 11 is 1.37. The molecule has 156 valence electrons. The van der Waals surface area contributed by atoms with E-state index in [4.69, 9.17) is 9.72 Å². The van der Waals surface area contributed by atoms with Crippen LogP contribution in [0.5, 0.6) is 5.75 Å². The number of hydrogen-bond donors (Lipinski definition) is 1. The molecule has 1 amide bonds. The van der Waals surface area contributed by atoms with Crippen molar-refractivity contribution < 1.29 is 9.53 Å². The van der Waals surface area contributed by atoms with Crippen LogP contribution in [0.3, 0.4) is 0 Å². The zero-order chi connectivity index (χ0) is 20.9. The number of carbonyl (C=O) groups excluding carboxylic acids is 1. The minimum absolute atomic E-state index is 0.0285. The highest BCUT2D eigenvalue weighted by Gasteiger charge is 2.33. The van der Waals surface area contributed by atoms with Crippen molar-refractivity contribution in [3.05, 3.63) is 71.5 Å². The molecule has 0 unspecified atom stereocenters. The third-order valence-corrected chi connectivity index (χ3v) is 6.20. The Balaban J connectivity index is 1.42. The Labute approximate surface area is 181 Å². The first-order chi connectivity index (χ1) is 14.6. The molecule has 2 heterocycles. The number of aromatic nitrogens is 2. The number of carbonyl (C=O) groups is 1. The molecule has 1 N–H and O–H groups in total. The van der Waals surface area contributed by atoms with Gasteiger partial charge in [0.05, 0.1) is 13.2 Å². The quantitative estimate of drug-likeness (QED) is 0.624. The van der Waals surface area contributed by atoms with E-state index in [1.807, 2.05) is 61.5 Å². The highest BCUT2D eigenvalue weighted by Crippen LogP contribution is 2.28. The van der Waals surface area contributed by atoms with Gasteiger partial charge in [-0.3, -0.25) is 4.79 Å². The molecule has 1 aliphatic rings. The first-order valence-electron chi connectivity index (χ1n) is 10.2. The van der Waals surface area contributed by atoms with Crippen molar-refractivity contribution in [2.45, 2.75) is 38.3 Å². The Morgan fingerprint density at radius 2 is 2.10 bits per heavy atom. The van der Waals surface area contributed by atoms with Gasteiger partial charge >= 0.3 is 0 Å². The van der Waals surface area contributed by atoms with Crippen LogP contribution in [0, 0.1) is 0 Å². The van der Waals surface area contributed by atoms with Gasteiger partial charge < -0.3 is 15.0 Å². The number of rotatable bonds is 7. The summed E-state index contributed by atoms with van der Waals surface area (Å²) in [6.07, 6.45) is 2.45. The maximum Gasteiger partial charge on any atom is 0.243 e. The van der Waals surface area contributed by atoms with Crippen molar-refractivity contribution in [2.75, 3.05) is 18.6 Å². The first kappa shape index (κ1) is 20.3. The average Bonchev–Trinajstić information content (AvgIpc) is 3.44. The molecule has 0 radical (unpaired) electrons. The summed E-state index contributed by atoms with van der Waals surface area (Å²) in [5.41, 5.74) is 2.21. The van der Waals surface area contributed by atoms with Crippen molar-refractivity contribution in [3.63, 3.8) is 0 Å². The Morgan fingerprint density at radius 1 is 1.27 bits per heavy atom. The van der Waals surface area contributed by atoms with Crippen LogP contribution < -0.4 is 15.0 Å². The smallest absolute Gasteiger partial charge is 0.243 e. The van der Waals surface area contributed by atoms with Crippen LogP contribution in [0.4, 0.5) is 5.13 Å². The Hall–Kier alpha value is -2.93. The van der Waals surface area contributed by atoms with Gasteiger partial charge in [-0.25, -0.2) is 4.98 Å². The molecule has 30 heavy (non-hydrogen) atoms. The number of anilines is 1. The molecule has 6 nitrogen and oxygen atoms in total.